The molecule has 1 atom stereocenters. The molecule has 17 heavy (non-hydrogen) atoms. The Balaban J connectivity index is 1.95. The molecule has 0 aliphatic rings. The van der Waals surface area contributed by atoms with Gasteiger partial charge in [-0.25, -0.2) is 4.39 Å². The van der Waals surface area contributed by atoms with E-state index >= 15 is 0 Å². The minimum absolute atomic E-state index is 0.0745. The molecule has 0 amide bonds. The van der Waals surface area contributed by atoms with Crippen LogP contribution < -0.4 is 5.32 Å². The van der Waals surface area contributed by atoms with E-state index in [1.54, 1.807) is 12.3 Å². The van der Waals surface area contributed by atoms with Crippen LogP contribution in [0.2, 0.25) is 0 Å². The summed E-state index contributed by atoms with van der Waals surface area (Å²) in [6.45, 7) is 2.70. The quantitative estimate of drug-likeness (QED) is 0.877. The van der Waals surface area contributed by atoms with E-state index in [-0.39, 0.29) is 11.9 Å². The zero-order chi connectivity index (χ0) is 12.3. The molecule has 2 heterocycles. The first kappa shape index (κ1) is 11.7. The normalized spacial score (nSPS) is 12.6. The van der Waals surface area contributed by atoms with Crippen molar-refractivity contribution < 1.29 is 4.39 Å². The number of nitrogens with one attached hydrogen (secondary N) is 1. The number of rotatable bonds is 4. The average molecular weight is 234 g/mol. The van der Waals surface area contributed by atoms with Crippen molar-refractivity contribution in [2.45, 2.75) is 19.5 Å². The molecule has 0 aliphatic heterocycles. The fraction of sp³-hybridized carbons (Fsp3) is 0.333. The van der Waals surface area contributed by atoms with E-state index in [2.05, 4.69) is 15.4 Å². The monoisotopic (exact) mass is 234 g/mol. The second-order valence-corrected chi connectivity index (χ2v) is 3.95. The molecule has 0 fully saturated rings. The van der Waals surface area contributed by atoms with Gasteiger partial charge in [-0.15, -0.1) is 0 Å². The van der Waals surface area contributed by atoms with E-state index in [0.717, 1.165) is 11.4 Å². The summed E-state index contributed by atoms with van der Waals surface area (Å²) in [4.78, 5) is 4.04. The highest BCUT2D eigenvalue weighted by atomic mass is 19.1. The first-order valence-electron chi connectivity index (χ1n) is 5.48. The van der Waals surface area contributed by atoms with Crippen molar-refractivity contribution >= 4 is 0 Å². The molecule has 0 spiro atoms. The highest BCUT2D eigenvalue weighted by Gasteiger charge is 2.07. The number of aryl methyl sites for hydroxylation is 1. The van der Waals surface area contributed by atoms with Gasteiger partial charge in [0, 0.05) is 25.8 Å². The maximum Gasteiger partial charge on any atom is 0.141 e. The van der Waals surface area contributed by atoms with Crippen molar-refractivity contribution in [1.29, 1.82) is 0 Å². The standard InChI is InChI=1S/C12H15FN4/c1-9(12-4-3-10(13)7-15-12)14-8-11-5-6-16-17(11)2/h3-7,9,14H,8H2,1-2H3. The molecule has 0 aliphatic carbocycles. The number of pyridine rings is 1. The van der Waals surface area contributed by atoms with Crippen molar-refractivity contribution in [3.63, 3.8) is 0 Å². The van der Waals surface area contributed by atoms with Gasteiger partial charge in [0.1, 0.15) is 5.82 Å². The average Bonchev–Trinajstić information content (AvgIpc) is 2.73. The van der Waals surface area contributed by atoms with E-state index in [0.29, 0.717) is 6.54 Å². The highest BCUT2D eigenvalue weighted by Crippen LogP contribution is 2.10. The molecule has 0 radical (unpaired) electrons. The van der Waals surface area contributed by atoms with Gasteiger partial charge in [0.25, 0.3) is 0 Å². The molecular weight excluding hydrogens is 219 g/mol. The predicted octanol–water partition coefficient (Wildman–Crippen LogP) is 1.80. The third-order valence-corrected chi connectivity index (χ3v) is 2.71. The van der Waals surface area contributed by atoms with Crippen LogP contribution in [0.3, 0.4) is 0 Å². The first-order valence-corrected chi connectivity index (χ1v) is 5.48. The summed E-state index contributed by atoms with van der Waals surface area (Å²) in [6.07, 6.45) is 3.00. The maximum absolute atomic E-state index is 12.7. The van der Waals surface area contributed by atoms with Gasteiger partial charge < -0.3 is 5.32 Å². The Morgan fingerprint density at radius 2 is 2.24 bits per heavy atom. The summed E-state index contributed by atoms with van der Waals surface area (Å²) >= 11 is 0. The van der Waals surface area contributed by atoms with Crippen LogP contribution in [0.4, 0.5) is 4.39 Å². The number of hydrogen-bond donors (Lipinski definition) is 1. The number of hydrogen-bond acceptors (Lipinski definition) is 3. The molecule has 90 valence electrons. The van der Waals surface area contributed by atoms with E-state index in [9.17, 15) is 4.39 Å². The molecule has 1 unspecified atom stereocenters. The summed E-state index contributed by atoms with van der Waals surface area (Å²) in [5.74, 6) is -0.312. The van der Waals surface area contributed by atoms with E-state index in [1.165, 1.54) is 12.3 Å². The van der Waals surface area contributed by atoms with Gasteiger partial charge in [-0.05, 0) is 25.1 Å². The zero-order valence-electron chi connectivity index (χ0n) is 9.89. The van der Waals surface area contributed by atoms with Crippen molar-refractivity contribution in [3.05, 3.63) is 47.8 Å². The van der Waals surface area contributed by atoms with E-state index in [1.807, 2.05) is 24.7 Å². The molecule has 2 aromatic heterocycles. The second-order valence-electron chi connectivity index (χ2n) is 3.95. The van der Waals surface area contributed by atoms with Gasteiger partial charge >= 0.3 is 0 Å². The first-order chi connectivity index (χ1) is 8.16. The summed E-state index contributed by atoms with van der Waals surface area (Å²) in [7, 11) is 1.90. The van der Waals surface area contributed by atoms with Gasteiger partial charge in [-0.1, -0.05) is 0 Å². The summed E-state index contributed by atoms with van der Waals surface area (Å²) < 4.78 is 14.5. The van der Waals surface area contributed by atoms with Crippen LogP contribution in [0.15, 0.2) is 30.6 Å². The van der Waals surface area contributed by atoms with Crippen molar-refractivity contribution in [3.8, 4) is 0 Å². The third-order valence-electron chi connectivity index (χ3n) is 2.71. The van der Waals surface area contributed by atoms with Gasteiger partial charge in [0.15, 0.2) is 0 Å². The van der Waals surface area contributed by atoms with Gasteiger partial charge in [0.05, 0.1) is 17.6 Å². The Morgan fingerprint density at radius 1 is 1.41 bits per heavy atom. The van der Waals surface area contributed by atoms with Crippen molar-refractivity contribution in [2.24, 2.45) is 7.05 Å². The third kappa shape index (κ3) is 2.88. The minimum Gasteiger partial charge on any atom is -0.303 e. The van der Waals surface area contributed by atoms with Crippen molar-refractivity contribution in [1.82, 2.24) is 20.1 Å². The minimum atomic E-state index is -0.312. The lowest BCUT2D eigenvalue weighted by molar-refractivity contribution is 0.534. The van der Waals surface area contributed by atoms with E-state index in [4.69, 9.17) is 0 Å². The van der Waals surface area contributed by atoms with Gasteiger partial charge in [-0.2, -0.15) is 5.10 Å². The Hall–Kier alpha value is -1.75. The number of aromatic nitrogens is 3. The molecule has 2 aromatic rings. The number of nitrogens with zero attached hydrogens (tertiary/aromatic N) is 3. The molecule has 0 bridgehead atoms. The van der Waals surface area contributed by atoms with Crippen LogP contribution >= 0.6 is 0 Å². The second kappa shape index (κ2) is 5.05. The molecule has 2 rings (SSSR count). The van der Waals surface area contributed by atoms with Crippen LogP contribution in [-0.2, 0) is 13.6 Å². The molecule has 4 nitrogen and oxygen atoms in total. The topological polar surface area (TPSA) is 42.7 Å². The summed E-state index contributed by atoms with van der Waals surface area (Å²) in [5.41, 5.74) is 1.92. The predicted molar refractivity (Wildman–Crippen MR) is 62.7 cm³/mol. The SMILES string of the molecule is CC(NCc1ccnn1C)c1ccc(F)cn1. The molecule has 5 heteroatoms. The van der Waals surface area contributed by atoms with Crippen LogP contribution in [0.1, 0.15) is 24.4 Å². The molecule has 1 N–H and O–H groups in total. The Bertz CT molecular complexity index is 478. The smallest absolute Gasteiger partial charge is 0.141 e. The van der Waals surface area contributed by atoms with Crippen LogP contribution in [0, 0.1) is 5.82 Å². The lowest BCUT2D eigenvalue weighted by Gasteiger charge is -2.13. The van der Waals surface area contributed by atoms with Gasteiger partial charge in [0.2, 0.25) is 0 Å². The largest absolute Gasteiger partial charge is 0.303 e. The lowest BCUT2D eigenvalue weighted by atomic mass is 10.2. The Kier molecular flexibility index (Phi) is 3.49. The van der Waals surface area contributed by atoms with Crippen LogP contribution in [0.5, 0.6) is 0 Å². The fourth-order valence-electron chi connectivity index (χ4n) is 1.58. The van der Waals surface area contributed by atoms with Gasteiger partial charge in [-0.3, -0.25) is 9.67 Å². The summed E-state index contributed by atoms with van der Waals surface area (Å²) in [6, 6.07) is 5.14. The Morgan fingerprint density at radius 3 is 2.82 bits per heavy atom. The molecule has 0 saturated heterocycles. The fourth-order valence-corrected chi connectivity index (χ4v) is 1.58. The molecular formula is C12H15FN4. The molecule has 0 aromatic carbocycles. The van der Waals surface area contributed by atoms with Crippen LogP contribution in [0.25, 0.3) is 0 Å². The summed E-state index contributed by atoms with van der Waals surface area (Å²) in [5, 5.41) is 7.41. The number of halogens is 1. The molecule has 0 saturated carbocycles. The highest BCUT2D eigenvalue weighted by molar-refractivity contribution is 5.09. The van der Waals surface area contributed by atoms with Crippen LogP contribution in [-0.4, -0.2) is 14.8 Å². The van der Waals surface area contributed by atoms with Crippen molar-refractivity contribution in [2.75, 3.05) is 0 Å². The maximum atomic E-state index is 12.7. The Labute approximate surface area is 99.5 Å². The van der Waals surface area contributed by atoms with E-state index < -0.39 is 0 Å². The zero-order valence-corrected chi connectivity index (χ0v) is 9.89. The lowest BCUT2D eigenvalue weighted by Crippen LogP contribution is -2.20.